The average Bonchev–Trinajstić information content (AvgIpc) is 3.20. The van der Waals surface area contributed by atoms with Crippen LogP contribution in [0.5, 0.6) is 0 Å². The van der Waals surface area contributed by atoms with E-state index in [0.29, 0.717) is 37.2 Å². The minimum atomic E-state index is -1.23. The number of carbonyl (C=O) groups excluding carboxylic acids is 2. The number of nitrogens with one attached hydrogen (secondary N) is 1. The zero-order chi connectivity index (χ0) is 25.1. The Morgan fingerprint density at radius 2 is 2.06 bits per heavy atom. The average molecular weight is 480 g/mol. The van der Waals surface area contributed by atoms with Crippen molar-refractivity contribution in [2.24, 2.45) is 0 Å². The van der Waals surface area contributed by atoms with Gasteiger partial charge in [0.1, 0.15) is 17.1 Å². The van der Waals surface area contributed by atoms with E-state index in [-0.39, 0.29) is 11.9 Å². The minimum absolute atomic E-state index is 0.226. The third-order valence-corrected chi connectivity index (χ3v) is 6.71. The zero-order valence-corrected chi connectivity index (χ0v) is 20.7. The fourth-order valence-electron chi connectivity index (χ4n) is 4.89. The Morgan fingerprint density at radius 3 is 2.69 bits per heavy atom. The molecule has 184 valence electrons. The number of anilines is 1. The number of carbonyl (C=O) groups is 1. The van der Waals surface area contributed by atoms with Crippen molar-refractivity contribution >= 4 is 17.9 Å². The van der Waals surface area contributed by atoms with Crippen LogP contribution in [0.2, 0.25) is 0 Å². The van der Waals surface area contributed by atoms with Gasteiger partial charge < -0.3 is 15.0 Å². The van der Waals surface area contributed by atoms with Gasteiger partial charge in [-0.3, -0.25) is 4.90 Å². The third-order valence-electron chi connectivity index (χ3n) is 6.71. The normalized spacial score (nSPS) is 20.4. The van der Waals surface area contributed by atoms with E-state index in [1.54, 1.807) is 26.9 Å². The van der Waals surface area contributed by atoms with Crippen molar-refractivity contribution in [1.82, 2.24) is 20.0 Å². The number of aromatic nitrogens is 2. The molecule has 3 heterocycles. The van der Waals surface area contributed by atoms with Gasteiger partial charge in [0.2, 0.25) is 5.82 Å². The number of aryl methyl sites for hydroxylation is 1. The van der Waals surface area contributed by atoms with Gasteiger partial charge >= 0.3 is 6.09 Å². The Bertz CT molecular complexity index is 1280. The van der Waals surface area contributed by atoms with E-state index in [9.17, 15) is 14.0 Å². The van der Waals surface area contributed by atoms with E-state index in [2.05, 4.69) is 5.32 Å². The lowest BCUT2D eigenvalue weighted by atomic mass is 9.99. The predicted molar refractivity (Wildman–Crippen MR) is 129 cm³/mol. The number of alkyl halides is 1. The molecule has 1 fully saturated rings. The van der Waals surface area contributed by atoms with Gasteiger partial charge in [-0.15, -0.1) is 0 Å². The summed E-state index contributed by atoms with van der Waals surface area (Å²) in [5, 5.41) is 7.80. The van der Waals surface area contributed by atoms with Gasteiger partial charge in [0, 0.05) is 30.9 Å². The molecule has 5 rings (SSSR count). The molecule has 0 radical (unpaired) electrons. The number of hydrogen-bond acceptors (Lipinski definition) is 6. The van der Waals surface area contributed by atoms with Crippen LogP contribution in [0.25, 0.3) is 5.69 Å². The molecule has 0 unspecified atom stereocenters. The smallest absolute Gasteiger partial charge is 0.410 e. The summed E-state index contributed by atoms with van der Waals surface area (Å²) < 4.78 is 22.2. The summed E-state index contributed by atoms with van der Waals surface area (Å²) in [5.74, 6) is 2.80. The second-order valence-corrected chi connectivity index (χ2v) is 10.4. The van der Waals surface area contributed by atoms with Crippen molar-refractivity contribution in [2.45, 2.75) is 71.2 Å². The molecule has 1 atom stereocenters. The van der Waals surface area contributed by atoms with E-state index in [1.807, 2.05) is 58.8 Å². The molecule has 1 N–H and O–H groups in total. The molecule has 1 aliphatic carbocycles. The summed E-state index contributed by atoms with van der Waals surface area (Å²) in [6, 6.07) is 5.26. The molecular weight excluding hydrogens is 449 g/mol. The van der Waals surface area contributed by atoms with Crippen LogP contribution in [0.3, 0.4) is 0 Å². The first-order valence-corrected chi connectivity index (χ1v) is 11.9. The second-order valence-electron chi connectivity index (χ2n) is 10.4. The van der Waals surface area contributed by atoms with Gasteiger partial charge in [-0.25, -0.2) is 18.7 Å². The number of benzene rings is 1. The molecule has 1 saturated carbocycles. The van der Waals surface area contributed by atoms with Crippen molar-refractivity contribution < 1.29 is 18.7 Å². The Hall–Kier alpha value is -3.58. The van der Waals surface area contributed by atoms with Crippen LogP contribution >= 0.6 is 0 Å². The summed E-state index contributed by atoms with van der Waals surface area (Å²) in [6.45, 7) is 9.82. The molecule has 2 aliphatic heterocycles. The molecule has 3 aliphatic rings. The van der Waals surface area contributed by atoms with E-state index < -0.39 is 17.4 Å². The molecule has 35 heavy (non-hydrogen) atoms. The zero-order valence-electron chi connectivity index (χ0n) is 20.7. The Labute approximate surface area is 204 Å². The van der Waals surface area contributed by atoms with Crippen molar-refractivity contribution in [3.8, 4) is 5.69 Å². The quantitative estimate of drug-likeness (QED) is 0.651. The second kappa shape index (κ2) is 7.99. The number of rotatable bonds is 3. The van der Waals surface area contributed by atoms with Crippen LogP contribution in [0.4, 0.5) is 15.0 Å². The summed E-state index contributed by atoms with van der Waals surface area (Å²) in [7, 11) is 0. The number of nitrogens with zero attached hydrogens (tertiary/aromatic N) is 4. The van der Waals surface area contributed by atoms with Crippen molar-refractivity contribution in [2.75, 3.05) is 11.4 Å². The molecule has 1 aromatic carbocycles. The van der Waals surface area contributed by atoms with Gasteiger partial charge in [0.05, 0.1) is 17.4 Å². The Morgan fingerprint density at radius 1 is 1.31 bits per heavy atom. The van der Waals surface area contributed by atoms with E-state index in [0.717, 1.165) is 22.5 Å². The maximum atomic E-state index is 14.8. The van der Waals surface area contributed by atoms with Crippen molar-refractivity contribution in [3.63, 3.8) is 0 Å². The van der Waals surface area contributed by atoms with Crippen LogP contribution in [0.15, 0.2) is 36.4 Å². The highest BCUT2D eigenvalue weighted by molar-refractivity contribution is 5.74. The molecule has 9 heteroatoms. The highest BCUT2D eigenvalue weighted by Crippen LogP contribution is 2.51. The highest BCUT2D eigenvalue weighted by Gasteiger charge is 2.46. The van der Waals surface area contributed by atoms with Gasteiger partial charge in [0.15, 0.2) is 5.94 Å². The van der Waals surface area contributed by atoms with E-state index in [4.69, 9.17) is 9.84 Å². The lowest BCUT2D eigenvalue weighted by Crippen LogP contribution is -2.42. The van der Waals surface area contributed by atoms with Crippen LogP contribution < -0.4 is 10.2 Å². The number of amides is 1. The molecule has 1 amide bonds. The van der Waals surface area contributed by atoms with Crippen molar-refractivity contribution in [1.29, 1.82) is 0 Å². The number of ether oxygens (including phenoxy) is 1. The predicted octanol–water partition coefficient (Wildman–Crippen LogP) is 4.55. The Kier molecular flexibility index (Phi) is 5.29. The summed E-state index contributed by atoms with van der Waals surface area (Å²) in [6.07, 6.45) is 4.61. The van der Waals surface area contributed by atoms with Crippen LogP contribution in [0.1, 0.15) is 69.0 Å². The summed E-state index contributed by atoms with van der Waals surface area (Å²) >= 11 is 0. The summed E-state index contributed by atoms with van der Waals surface area (Å²) in [4.78, 5) is 28.1. The van der Waals surface area contributed by atoms with Gasteiger partial charge in [-0.2, -0.15) is 5.10 Å². The monoisotopic (exact) mass is 479 g/mol. The minimum Gasteiger partial charge on any atom is -0.444 e. The van der Waals surface area contributed by atoms with Crippen LogP contribution in [-0.2, 0) is 21.6 Å². The first-order chi connectivity index (χ1) is 16.5. The third kappa shape index (κ3) is 4.00. The van der Waals surface area contributed by atoms with Crippen LogP contribution in [0, 0.1) is 6.92 Å². The van der Waals surface area contributed by atoms with Crippen molar-refractivity contribution in [3.05, 3.63) is 58.8 Å². The van der Waals surface area contributed by atoms with E-state index in [1.165, 1.54) is 0 Å². The van der Waals surface area contributed by atoms with Crippen LogP contribution in [-0.4, -0.2) is 38.9 Å². The topological polar surface area (TPSA) is 79.7 Å². The maximum Gasteiger partial charge on any atom is 0.410 e. The molecule has 8 nitrogen and oxygen atoms in total. The fourth-order valence-corrected chi connectivity index (χ4v) is 4.89. The number of halogens is 1. The largest absolute Gasteiger partial charge is 0.444 e. The first-order valence-electron chi connectivity index (χ1n) is 11.9. The number of fused-ring (bicyclic) bond motifs is 1. The maximum absolute atomic E-state index is 14.8. The number of hydrogen-bond donors (Lipinski definition) is 1. The molecule has 0 spiro atoms. The summed E-state index contributed by atoms with van der Waals surface area (Å²) in [5.41, 5.74) is 2.13. The lowest BCUT2D eigenvalue weighted by Gasteiger charge is -2.35. The molecule has 0 saturated heterocycles. The van der Waals surface area contributed by atoms with Gasteiger partial charge in [0.25, 0.3) is 0 Å². The van der Waals surface area contributed by atoms with Gasteiger partial charge in [-0.1, -0.05) is 6.07 Å². The fraction of sp³-hybridized carbons (Fsp3) is 0.462. The Balaban J connectivity index is 1.62. The SMILES string of the molecule is Cc1cc(-n2nc3c(c2N2C=CNC2=C=O)[C@H](C)N(C(=O)OC(C)(C)C)CC3)ccc1C1(F)CC1. The standard InChI is InChI=1S/C26H30FN5O3/c1-16-14-18(6-7-19(16)26(27)9-10-26)32-23(31-13-11-28-21(31)15-33)22-17(2)30(12-8-20(22)29-32)24(34)35-25(3,4)5/h6-7,11,13-14,17,28H,8-10,12H2,1-5H3/t17-/m0/s1. The van der Waals surface area contributed by atoms with E-state index >= 15 is 0 Å². The molecule has 0 bridgehead atoms. The molecule has 2 aromatic rings. The highest BCUT2D eigenvalue weighted by atomic mass is 19.1. The molecule has 1 aromatic heterocycles. The first kappa shape index (κ1) is 23.2. The molecular formula is C26H30FN5O3. The lowest BCUT2D eigenvalue weighted by molar-refractivity contribution is 0.0160. The van der Waals surface area contributed by atoms with Gasteiger partial charge in [-0.05, 0) is 70.7 Å².